The standard InChI is InChI=1S/C20H18ClN3O5S/c21-15-1-6-19-18(11-15)23-20(29-19)14(13-25)12-22-16-2-4-17(5-3-16)30(26,27)24-7-9-28-10-8-24/h1-6,11-13,22H,7-10H2/b14-12-. The summed E-state index contributed by atoms with van der Waals surface area (Å²) >= 11 is 5.95. The number of carbonyl (C=O) groups excluding carboxylic acids is 1. The maximum absolute atomic E-state index is 12.7. The summed E-state index contributed by atoms with van der Waals surface area (Å²) < 4.78 is 37.5. The number of aldehydes is 1. The van der Waals surface area contributed by atoms with Crippen molar-refractivity contribution < 1.29 is 22.4 Å². The van der Waals surface area contributed by atoms with Crippen molar-refractivity contribution in [3.05, 3.63) is 59.6 Å². The molecular formula is C20H18ClN3O5S. The number of hydrogen-bond donors (Lipinski definition) is 1. The second-order valence-corrected chi connectivity index (χ2v) is 8.91. The fourth-order valence-corrected chi connectivity index (χ4v) is 4.56. The van der Waals surface area contributed by atoms with Gasteiger partial charge in [0, 0.05) is 30.0 Å². The highest BCUT2D eigenvalue weighted by Gasteiger charge is 2.26. The van der Waals surface area contributed by atoms with E-state index in [1.807, 2.05) is 0 Å². The summed E-state index contributed by atoms with van der Waals surface area (Å²) in [5.74, 6) is 0.154. The Hall–Kier alpha value is -2.72. The van der Waals surface area contributed by atoms with E-state index in [1.54, 1.807) is 30.3 Å². The maximum atomic E-state index is 12.7. The van der Waals surface area contributed by atoms with Gasteiger partial charge in [0.25, 0.3) is 0 Å². The van der Waals surface area contributed by atoms with Crippen molar-refractivity contribution in [1.82, 2.24) is 9.29 Å². The molecular weight excluding hydrogens is 430 g/mol. The lowest BCUT2D eigenvalue weighted by Crippen LogP contribution is -2.40. The fourth-order valence-electron chi connectivity index (χ4n) is 2.99. The van der Waals surface area contributed by atoms with Gasteiger partial charge in [-0.15, -0.1) is 0 Å². The van der Waals surface area contributed by atoms with Gasteiger partial charge in [-0.2, -0.15) is 4.31 Å². The Kier molecular flexibility index (Phi) is 5.87. The van der Waals surface area contributed by atoms with Gasteiger partial charge < -0.3 is 14.5 Å². The third kappa shape index (κ3) is 4.24. The zero-order chi connectivity index (χ0) is 21.1. The van der Waals surface area contributed by atoms with E-state index in [1.165, 1.54) is 22.6 Å². The summed E-state index contributed by atoms with van der Waals surface area (Å²) in [7, 11) is -3.56. The molecule has 0 bridgehead atoms. The molecule has 8 nitrogen and oxygen atoms in total. The van der Waals surface area contributed by atoms with Crippen molar-refractivity contribution in [2.75, 3.05) is 31.6 Å². The highest BCUT2D eigenvalue weighted by Crippen LogP contribution is 2.24. The van der Waals surface area contributed by atoms with E-state index in [2.05, 4.69) is 10.3 Å². The van der Waals surface area contributed by atoms with Crippen LogP contribution in [0.1, 0.15) is 5.89 Å². The second-order valence-electron chi connectivity index (χ2n) is 6.53. The minimum absolute atomic E-state index is 0.154. The molecule has 1 aliphatic heterocycles. The number of allylic oxidation sites excluding steroid dienone is 1. The molecule has 1 aliphatic rings. The molecule has 0 amide bonds. The number of fused-ring (bicyclic) bond motifs is 1. The van der Waals surface area contributed by atoms with E-state index in [0.717, 1.165) is 0 Å². The molecule has 3 aromatic rings. The Morgan fingerprint density at radius 3 is 2.57 bits per heavy atom. The maximum Gasteiger partial charge on any atom is 0.243 e. The zero-order valence-corrected chi connectivity index (χ0v) is 17.3. The van der Waals surface area contributed by atoms with Crippen LogP contribution in [0.2, 0.25) is 5.02 Å². The zero-order valence-electron chi connectivity index (χ0n) is 15.7. The molecule has 4 rings (SSSR count). The van der Waals surface area contributed by atoms with Gasteiger partial charge in [-0.1, -0.05) is 11.6 Å². The third-order valence-electron chi connectivity index (χ3n) is 4.58. The molecule has 10 heteroatoms. The number of hydrogen-bond acceptors (Lipinski definition) is 7. The Morgan fingerprint density at radius 2 is 1.87 bits per heavy atom. The van der Waals surface area contributed by atoms with Crippen LogP contribution in [0.4, 0.5) is 5.69 Å². The molecule has 0 spiro atoms. The van der Waals surface area contributed by atoms with Gasteiger partial charge in [0.15, 0.2) is 11.9 Å². The van der Waals surface area contributed by atoms with E-state index in [4.69, 9.17) is 20.8 Å². The summed E-state index contributed by atoms with van der Waals surface area (Å²) in [5.41, 5.74) is 1.87. The van der Waals surface area contributed by atoms with E-state index >= 15 is 0 Å². The van der Waals surface area contributed by atoms with Crippen LogP contribution < -0.4 is 5.32 Å². The van der Waals surface area contributed by atoms with Gasteiger partial charge in [0.05, 0.1) is 23.7 Å². The number of carbonyl (C=O) groups is 1. The predicted molar refractivity (Wildman–Crippen MR) is 113 cm³/mol. The fraction of sp³-hybridized carbons (Fsp3) is 0.200. The number of nitrogens with one attached hydrogen (secondary N) is 1. The summed E-state index contributed by atoms with van der Waals surface area (Å²) in [6, 6.07) is 11.3. The number of aromatic nitrogens is 1. The number of morpholine rings is 1. The Morgan fingerprint density at radius 1 is 1.13 bits per heavy atom. The largest absolute Gasteiger partial charge is 0.436 e. The third-order valence-corrected chi connectivity index (χ3v) is 6.73. The first-order chi connectivity index (χ1) is 14.5. The van der Waals surface area contributed by atoms with Crippen LogP contribution in [0.5, 0.6) is 0 Å². The normalized spacial score (nSPS) is 16.0. The van der Waals surface area contributed by atoms with E-state index in [-0.39, 0.29) is 16.4 Å². The number of ether oxygens (including phenoxy) is 1. The van der Waals surface area contributed by atoms with E-state index in [0.29, 0.717) is 54.4 Å². The van der Waals surface area contributed by atoms with Crippen LogP contribution in [0.15, 0.2) is 58.0 Å². The van der Waals surface area contributed by atoms with Crippen LogP contribution >= 0.6 is 11.6 Å². The summed E-state index contributed by atoms with van der Waals surface area (Å²) in [4.78, 5) is 16.0. The molecule has 0 saturated carbocycles. The summed E-state index contributed by atoms with van der Waals surface area (Å²) in [5, 5.41) is 3.48. The van der Waals surface area contributed by atoms with E-state index in [9.17, 15) is 13.2 Å². The molecule has 0 radical (unpaired) electrons. The minimum atomic E-state index is -3.56. The van der Waals surface area contributed by atoms with Crippen molar-refractivity contribution >= 4 is 50.3 Å². The first-order valence-electron chi connectivity index (χ1n) is 9.14. The Balaban J connectivity index is 1.51. The monoisotopic (exact) mass is 447 g/mol. The molecule has 1 aromatic heterocycles. The topological polar surface area (TPSA) is 102 Å². The minimum Gasteiger partial charge on any atom is -0.436 e. The molecule has 1 N–H and O–H groups in total. The molecule has 156 valence electrons. The number of rotatable bonds is 6. The van der Waals surface area contributed by atoms with Crippen LogP contribution in [0.25, 0.3) is 16.7 Å². The lowest BCUT2D eigenvalue weighted by atomic mass is 10.3. The van der Waals surface area contributed by atoms with Crippen molar-refractivity contribution in [2.24, 2.45) is 0 Å². The van der Waals surface area contributed by atoms with E-state index < -0.39 is 10.0 Å². The summed E-state index contributed by atoms with van der Waals surface area (Å²) in [6.45, 7) is 1.45. The van der Waals surface area contributed by atoms with Gasteiger partial charge in [-0.25, -0.2) is 13.4 Å². The predicted octanol–water partition coefficient (Wildman–Crippen LogP) is 3.15. The average molecular weight is 448 g/mol. The number of nitrogens with zero attached hydrogens (tertiary/aromatic N) is 2. The molecule has 0 aliphatic carbocycles. The van der Waals surface area contributed by atoms with Gasteiger partial charge in [0.2, 0.25) is 15.9 Å². The number of anilines is 1. The van der Waals surface area contributed by atoms with Crippen molar-refractivity contribution in [3.63, 3.8) is 0 Å². The molecule has 1 fully saturated rings. The quantitative estimate of drug-likeness (QED) is 0.457. The number of halogens is 1. The molecule has 1 saturated heterocycles. The Bertz CT molecular complexity index is 1200. The molecule has 2 aromatic carbocycles. The van der Waals surface area contributed by atoms with Gasteiger partial charge >= 0.3 is 0 Å². The number of benzene rings is 2. The van der Waals surface area contributed by atoms with Gasteiger partial charge in [-0.05, 0) is 42.5 Å². The van der Waals surface area contributed by atoms with Crippen molar-refractivity contribution in [3.8, 4) is 0 Å². The average Bonchev–Trinajstić information content (AvgIpc) is 3.18. The van der Waals surface area contributed by atoms with Crippen molar-refractivity contribution in [1.29, 1.82) is 0 Å². The molecule has 0 unspecified atom stereocenters. The smallest absolute Gasteiger partial charge is 0.243 e. The van der Waals surface area contributed by atoms with Crippen LogP contribution in [0, 0.1) is 0 Å². The number of oxazole rings is 1. The van der Waals surface area contributed by atoms with Gasteiger partial charge in [0.1, 0.15) is 5.52 Å². The highest BCUT2D eigenvalue weighted by molar-refractivity contribution is 7.89. The van der Waals surface area contributed by atoms with Crippen LogP contribution in [0.3, 0.4) is 0 Å². The SMILES string of the molecule is O=C/C(=C/Nc1ccc(S(=O)(=O)N2CCOCC2)cc1)c1nc2cc(Cl)ccc2o1. The Labute approximate surface area is 178 Å². The lowest BCUT2D eigenvalue weighted by Gasteiger charge is -2.26. The van der Waals surface area contributed by atoms with Gasteiger partial charge in [-0.3, -0.25) is 4.79 Å². The van der Waals surface area contributed by atoms with Crippen LogP contribution in [-0.4, -0.2) is 50.3 Å². The van der Waals surface area contributed by atoms with Crippen molar-refractivity contribution in [2.45, 2.75) is 4.90 Å². The summed E-state index contributed by atoms with van der Waals surface area (Å²) in [6.07, 6.45) is 2.07. The lowest BCUT2D eigenvalue weighted by molar-refractivity contribution is -0.103. The first-order valence-corrected chi connectivity index (χ1v) is 11.0. The van der Waals surface area contributed by atoms with Crippen LogP contribution in [-0.2, 0) is 19.6 Å². The number of sulfonamides is 1. The molecule has 30 heavy (non-hydrogen) atoms. The second kappa shape index (κ2) is 8.57. The first kappa shape index (κ1) is 20.5. The molecule has 2 heterocycles. The highest BCUT2D eigenvalue weighted by atomic mass is 35.5. The molecule has 0 atom stereocenters.